The molecule has 0 saturated carbocycles. The summed E-state index contributed by atoms with van der Waals surface area (Å²) < 4.78 is 0. The summed E-state index contributed by atoms with van der Waals surface area (Å²) in [5.74, 6) is 0.889. The Morgan fingerprint density at radius 3 is 2.43 bits per heavy atom. The Bertz CT molecular complexity index is 146. The molecule has 0 aromatic rings. The first-order valence-electron chi connectivity index (χ1n) is 2.77. The second-order valence-electron chi connectivity index (χ2n) is 2.50. The Balaban J connectivity index is 2.21. The van der Waals surface area contributed by atoms with Crippen LogP contribution in [0, 0.1) is 5.92 Å². The van der Waals surface area contributed by atoms with Crippen LogP contribution in [0.1, 0.15) is 13.3 Å². The van der Waals surface area contributed by atoms with Crippen LogP contribution in [0.15, 0.2) is 11.4 Å². The maximum Gasteiger partial charge on any atom is 0.0403 e. The average Bonchev–Trinajstić information content (AvgIpc) is 2.07. The lowest BCUT2D eigenvalue weighted by Gasteiger charge is -2.02. The van der Waals surface area contributed by atoms with Gasteiger partial charge in [0.1, 0.15) is 0 Å². The van der Waals surface area contributed by atoms with Crippen molar-refractivity contribution < 1.29 is 0 Å². The number of hydrogen-bond acceptors (Lipinski definition) is 1. The topological polar surface area (TPSA) is 3.01 Å². The van der Waals surface area contributed by atoms with E-state index in [0.29, 0.717) is 0 Å². The summed E-state index contributed by atoms with van der Waals surface area (Å²) in [5, 5.41) is 0. The molecule has 0 aromatic carbocycles. The largest absolute Gasteiger partial charge is 0.348 e. The zero-order chi connectivity index (χ0) is 5.02. The Hall–Kier alpha value is -0.460. The Kier molecular flexibility index (Phi) is 0.366. The van der Waals surface area contributed by atoms with Crippen molar-refractivity contribution in [2.24, 2.45) is 5.92 Å². The van der Waals surface area contributed by atoms with Gasteiger partial charge in [-0.15, -0.1) is 0 Å². The zero-order valence-electron chi connectivity index (χ0n) is 4.73. The molecule has 2 rings (SSSR count). The van der Waals surface area contributed by atoms with Gasteiger partial charge in [-0.3, -0.25) is 0 Å². The molecule has 2 aliphatic rings. The molecule has 1 aliphatic carbocycles. The summed E-state index contributed by atoms with van der Waals surface area (Å²) >= 11 is 0. The van der Waals surface area contributed by atoms with E-state index in [1.54, 1.807) is 11.4 Å². The Labute approximate surface area is 43.6 Å². The van der Waals surface area contributed by atoms with Gasteiger partial charge in [-0.05, 0) is 6.42 Å². The lowest BCUT2D eigenvalue weighted by Crippen LogP contribution is -1.94. The van der Waals surface area contributed by atoms with E-state index in [4.69, 9.17) is 0 Å². The van der Waals surface area contributed by atoms with Gasteiger partial charge in [-0.25, -0.2) is 0 Å². The third-order valence-corrected chi connectivity index (χ3v) is 1.98. The molecule has 0 saturated heterocycles. The van der Waals surface area contributed by atoms with Gasteiger partial charge in [-0.1, -0.05) is 6.92 Å². The highest BCUT2D eigenvalue weighted by molar-refractivity contribution is 5.41. The number of likely N-dealkylation sites (tertiary alicyclic amines) is 1. The molecule has 0 N–H and O–H groups in total. The molecule has 0 amide bonds. The summed E-state index contributed by atoms with van der Waals surface area (Å²) in [6, 6.07) is 0. The van der Waals surface area contributed by atoms with E-state index in [9.17, 15) is 0 Å². The van der Waals surface area contributed by atoms with E-state index in [0.717, 1.165) is 5.92 Å². The minimum Gasteiger partial charge on any atom is -0.348 e. The van der Waals surface area contributed by atoms with Crippen molar-refractivity contribution in [3.63, 3.8) is 0 Å². The van der Waals surface area contributed by atoms with Gasteiger partial charge in [0.05, 0.1) is 0 Å². The molecule has 1 aliphatic heterocycles. The van der Waals surface area contributed by atoms with E-state index in [1.807, 2.05) is 0 Å². The number of hydrogen-bond donors (Lipinski definition) is 0. The fourth-order valence-electron chi connectivity index (χ4n) is 1.42. The van der Waals surface area contributed by atoms with Crippen molar-refractivity contribution in [3.8, 4) is 0 Å². The van der Waals surface area contributed by atoms with Crippen molar-refractivity contribution in [1.29, 1.82) is 0 Å². The lowest BCUT2D eigenvalue weighted by atomic mass is 9.98. The van der Waals surface area contributed by atoms with Crippen LogP contribution in [0.4, 0.5) is 0 Å². The SMILES string of the molecule is CC1CC2=C1N2C. The minimum absolute atomic E-state index is 0.889. The summed E-state index contributed by atoms with van der Waals surface area (Å²) in [6.07, 6.45) is 1.34. The molecule has 1 unspecified atom stereocenters. The highest BCUT2D eigenvalue weighted by atomic mass is 15.3. The van der Waals surface area contributed by atoms with Crippen LogP contribution in [0.5, 0.6) is 0 Å². The molecule has 7 heavy (non-hydrogen) atoms. The first-order chi connectivity index (χ1) is 3.30. The summed E-state index contributed by atoms with van der Waals surface area (Å²) in [4.78, 5) is 2.30. The van der Waals surface area contributed by atoms with Crippen LogP contribution in [0.2, 0.25) is 0 Å². The predicted octanol–water partition coefficient (Wildman–Crippen LogP) is 1.18. The molecule has 0 aromatic heterocycles. The maximum absolute atomic E-state index is 2.30. The molecule has 0 fully saturated rings. The zero-order valence-corrected chi connectivity index (χ0v) is 4.73. The molecule has 0 bridgehead atoms. The van der Waals surface area contributed by atoms with Gasteiger partial charge in [0.15, 0.2) is 0 Å². The second-order valence-corrected chi connectivity index (χ2v) is 2.50. The molecule has 1 heteroatoms. The lowest BCUT2D eigenvalue weighted by molar-refractivity contribution is 0.655. The van der Waals surface area contributed by atoms with Crippen LogP contribution >= 0.6 is 0 Å². The van der Waals surface area contributed by atoms with E-state index in [-0.39, 0.29) is 0 Å². The molecule has 0 radical (unpaired) electrons. The third kappa shape index (κ3) is 0.226. The average molecular weight is 95.1 g/mol. The number of nitrogens with zero attached hydrogens (tertiary/aromatic N) is 1. The Morgan fingerprint density at radius 1 is 1.71 bits per heavy atom. The standard InChI is InChI=1S/C6H9N/c1-4-3-5-6(4)7(5)2/h4H,3H2,1-2H3. The first-order valence-corrected chi connectivity index (χ1v) is 2.77. The second kappa shape index (κ2) is 0.726. The van der Waals surface area contributed by atoms with Crippen molar-refractivity contribution in [2.45, 2.75) is 13.3 Å². The first kappa shape index (κ1) is 3.53. The molecule has 0 spiro atoms. The minimum atomic E-state index is 0.889. The van der Waals surface area contributed by atoms with Gasteiger partial charge in [-0.2, -0.15) is 0 Å². The van der Waals surface area contributed by atoms with Gasteiger partial charge >= 0.3 is 0 Å². The monoisotopic (exact) mass is 95.1 g/mol. The van der Waals surface area contributed by atoms with E-state index in [2.05, 4.69) is 18.9 Å². The van der Waals surface area contributed by atoms with Gasteiger partial charge in [0.2, 0.25) is 0 Å². The van der Waals surface area contributed by atoms with Crippen molar-refractivity contribution in [1.82, 2.24) is 4.90 Å². The highest BCUT2D eigenvalue weighted by Gasteiger charge is 2.43. The normalized spacial score (nSPS) is 35.1. The van der Waals surface area contributed by atoms with Crippen LogP contribution in [0.25, 0.3) is 0 Å². The molecule has 1 nitrogen and oxygen atoms in total. The molecule has 1 heterocycles. The fraction of sp³-hybridized carbons (Fsp3) is 0.667. The van der Waals surface area contributed by atoms with E-state index >= 15 is 0 Å². The van der Waals surface area contributed by atoms with Gasteiger partial charge in [0.25, 0.3) is 0 Å². The van der Waals surface area contributed by atoms with Crippen molar-refractivity contribution >= 4 is 0 Å². The van der Waals surface area contributed by atoms with Crippen molar-refractivity contribution in [2.75, 3.05) is 7.05 Å². The van der Waals surface area contributed by atoms with Crippen molar-refractivity contribution in [3.05, 3.63) is 11.4 Å². The molecular formula is C6H9N. The number of rotatable bonds is 0. The maximum atomic E-state index is 2.30. The fourth-order valence-corrected chi connectivity index (χ4v) is 1.42. The number of allylic oxidation sites excluding steroid dienone is 2. The van der Waals surface area contributed by atoms with Gasteiger partial charge < -0.3 is 4.90 Å². The summed E-state index contributed by atoms with van der Waals surface area (Å²) in [6.45, 7) is 2.28. The molecule has 38 valence electrons. The smallest absolute Gasteiger partial charge is 0.0403 e. The van der Waals surface area contributed by atoms with Crippen LogP contribution in [0.3, 0.4) is 0 Å². The van der Waals surface area contributed by atoms with E-state index < -0.39 is 0 Å². The molecular weight excluding hydrogens is 86.1 g/mol. The summed E-state index contributed by atoms with van der Waals surface area (Å²) in [5.41, 5.74) is 3.22. The van der Waals surface area contributed by atoms with Gasteiger partial charge in [0, 0.05) is 24.4 Å². The van der Waals surface area contributed by atoms with Crippen LogP contribution < -0.4 is 0 Å². The third-order valence-electron chi connectivity index (χ3n) is 1.98. The molecule has 1 atom stereocenters. The van der Waals surface area contributed by atoms with Crippen LogP contribution in [-0.2, 0) is 0 Å². The van der Waals surface area contributed by atoms with E-state index in [1.165, 1.54) is 6.42 Å². The summed E-state index contributed by atoms with van der Waals surface area (Å²) in [7, 11) is 2.15. The quantitative estimate of drug-likeness (QED) is 0.436. The van der Waals surface area contributed by atoms with Crippen LogP contribution in [-0.4, -0.2) is 11.9 Å². The highest BCUT2D eigenvalue weighted by Crippen LogP contribution is 2.51. The predicted molar refractivity (Wildman–Crippen MR) is 28.6 cm³/mol. The Morgan fingerprint density at radius 2 is 2.43 bits per heavy atom.